The minimum absolute atomic E-state index is 0.229. The van der Waals surface area contributed by atoms with Crippen LogP contribution < -0.4 is 11.1 Å². The van der Waals surface area contributed by atoms with E-state index in [1.807, 2.05) is 0 Å². The maximum absolute atomic E-state index is 11.8. The third kappa shape index (κ3) is 8.25. The molecule has 2 atom stereocenters. The van der Waals surface area contributed by atoms with Crippen molar-refractivity contribution in [2.24, 2.45) is 11.7 Å². The van der Waals surface area contributed by atoms with Gasteiger partial charge in [-0.05, 0) is 31.6 Å². The van der Waals surface area contributed by atoms with Gasteiger partial charge in [0.2, 0.25) is 5.91 Å². The molecule has 2 unspecified atom stereocenters. The van der Waals surface area contributed by atoms with Crippen molar-refractivity contribution >= 4 is 5.91 Å². The number of carbonyl (C=O) groups is 1. The van der Waals surface area contributed by atoms with Crippen molar-refractivity contribution in [3.8, 4) is 0 Å². The molecule has 1 aliphatic carbocycles. The first kappa shape index (κ1) is 16.5. The summed E-state index contributed by atoms with van der Waals surface area (Å²) in [6.07, 6.45) is 12.9. The first-order valence-electron chi connectivity index (χ1n) is 8.24. The number of amides is 1. The van der Waals surface area contributed by atoms with Gasteiger partial charge in [0, 0.05) is 19.0 Å². The topological polar surface area (TPSA) is 55.1 Å². The van der Waals surface area contributed by atoms with E-state index in [1.165, 1.54) is 44.9 Å². The van der Waals surface area contributed by atoms with Crippen LogP contribution >= 0.6 is 0 Å². The average molecular weight is 268 g/mol. The maximum atomic E-state index is 11.8. The van der Waals surface area contributed by atoms with Crippen LogP contribution in [0.2, 0.25) is 0 Å². The lowest BCUT2D eigenvalue weighted by Crippen LogP contribution is -2.32. The molecule has 0 aromatic rings. The highest BCUT2D eigenvalue weighted by Gasteiger charge is 2.21. The van der Waals surface area contributed by atoms with Crippen LogP contribution in [0.25, 0.3) is 0 Å². The van der Waals surface area contributed by atoms with Crippen LogP contribution in [0.15, 0.2) is 0 Å². The summed E-state index contributed by atoms with van der Waals surface area (Å²) in [6, 6.07) is 0.324. The molecule has 0 heterocycles. The second-order valence-corrected chi connectivity index (χ2v) is 6.11. The van der Waals surface area contributed by atoms with E-state index in [4.69, 9.17) is 5.73 Å². The summed E-state index contributed by atoms with van der Waals surface area (Å²) in [6.45, 7) is 3.08. The Bertz CT molecular complexity index is 243. The SMILES string of the molecule is CCCCCCCCNC(=O)CC1CCCC(N)C1. The lowest BCUT2D eigenvalue weighted by atomic mass is 9.84. The van der Waals surface area contributed by atoms with Crippen LogP contribution in [0, 0.1) is 5.92 Å². The van der Waals surface area contributed by atoms with Crippen LogP contribution in [0.5, 0.6) is 0 Å². The standard InChI is InChI=1S/C16H32N2O/c1-2-3-4-5-6-7-11-18-16(19)13-14-9-8-10-15(17)12-14/h14-15H,2-13,17H2,1H3,(H,18,19). The predicted molar refractivity (Wildman–Crippen MR) is 80.9 cm³/mol. The molecule has 1 amide bonds. The van der Waals surface area contributed by atoms with E-state index in [-0.39, 0.29) is 5.91 Å². The lowest BCUT2D eigenvalue weighted by molar-refractivity contribution is -0.122. The summed E-state index contributed by atoms with van der Waals surface area (Å²) in [5.41, 5.74) is 5.95. The zero-order valence-corrected chi connectivity index (χ0v) is 12.6. The first-order valence-corrected chi connectivity index (χ1v) is 8.24. The molecule has 0 aliphatic heterocycles. The smallest absolute Gasteiger partial charge is 0.220 e. The molecule has 1 aliphatic rings. The molecule has 0 bridgehead atoms. The van der Waals surface area contributed by atoms with Crippen molar-refractivity contribution in [2.45, 2.75) is 83.6 Å². The van der Waals surface area contributed by atoms with Gasteiger partial charge in [0.25, 0.3) is 0 Å². The highest BCUT2D eigenvalue weighted by molar-refractivity contribution is 5.76. The van der Waals surface area contributed by atoms with Crippen LogP contribution in [-0.2, 0) is 4.79 Å². The quantitative estimate of drug-likeness (QED) is 0.630. The highest BCUT2D eigenvalue weighted by Crippen LogP contribution is 2.25. The molecular weight excluding hydrogens is 236 g/mol. The van der Waals surface area contributed by atoms with Gasteiger partial charge in [-0.15, -0.1) is 0 Å². The van der Waals surface area contributed by atoms with Crippen molar-refractivity contribution in [3.05, 3.63) is 0 Å². The number of unbranched alkanes of at least 4 members (excludes halogenated alkanes) is 5. The molecule has 3 nitrogen and oxygen atoms in total. The molecule has 3 heteroatoms. The van der Waals surface area contributed by atoms with Gasteiger partial charge in [-0.1, -0.05) is 45.4 Å². The maximum Gasteiger partial charge on any atom is 0.220 e. The van der Waals surface area contributed by atoms with E-state index in [9.17, 15) is 4.79 Å². The molecular formula is C16H32N2O. The minimum atomic E-state index is 0.229. The molecule has 0 spiro atoms. The molecule has 3 N–H and O–H groups in total. The van der Waals surface area contributed by atoms with Crippen molar-refractivity contribution in [3.63, 3.8) is 0 Å². The molecule has 0 aromatic carbocycles. The van der Waals surface area contributed by atoms with Gasteiger partial charge in [0.15, 0.2) is 0 Å². The summed E-state index contributed by atoms with van der Waals surface area (Å²) in [7, 11) is 0. The van der Waals surface area contributed by atoms with Gasteiger partial charge in [-0.2, -0.15) is 0 Å². The Morgan fingerprint density at radius 2 is 1.89 bits per heavy atom. The monoisotopic (exact) mass is 268 g/mol. The Balaban J connectivity index is 1.95. The third-order valence-corrected chi connectivity index (χ3v) is 4.15. The number of rotatable bonds is 9. The number of hydrogen-bond acceptors (Lipinski definition) is 2. The van der Waals surface area contributed by atoms with Gasteiger partial charge in [0.05, 0.1) is 0 Å². The molecule has 0 radical (unpaired) electrons. The normalized spacial score (nSPS) is 23.3. The average Bonchev–Trinajstić information content (AvgIpc) is 2.37. The van der Waals surface area contributed by atoms with Crippen LogP contribution in [0.3, 0.4) is 0 Å². The largest absolute Gasteiger partial charge is 0.356 e. The Kier molecular flexibility index (Phi) is 8.89. The van der Waals surface area contributed by atoms with Crippen molar-refractivity contribution in [1.82, 2.24) is 5.32 Å². The van der Waals surface area contributed by atoms with E-state index in [2.05, 4.69) is 12.2 Å². The molecule has 112 valence electrons. The highest BCUT2D eigenvalue weighted by atomic mass is 16.1. The summed E-state index contributed by atoms with van der Waals surface area (Å²) in [5, 5.41) is 3.06. The third-order valence-electron chi connectivity index (χ3n) is 4.15. The van der Waals surface area contributed by atoms with E-state index >= 15 is 0 Å². The number of carbonyl (C=O) groups excluding carboxylic acids is 1. The van der Waals surface area contributed by atoms with Gasteiger partial charge < -0.3 is 11.1 Å². The fourth-order valence-corrected chi connectivity index (χ4v) is 2.99. The molecule has 19 heavy (non-hydrogen) atoms. The Morgan fingerprint density at radius 3 is 2.63 bits per heavy atom. The second-order valence-electron chi connectivity index (χ2n) is 6.11. The van der Waals surface area contributed by atoms with Crippen LogP contribution in [-0.4, -0.2) is 18.5 Å². The number of hydrogen-bond donors (Lipinski definition) is 2. The molecule has 1 rings (SSSR count). The van der Waals surface area contributed by atoms with Crippen molar-refractivity contribution in [2.75, 3.05) is 6.54 Å². The summed E-state index contributed by atoms with van der Waals surface area (Å²) < 4.78 is 0. The fourth-order valence-electron chi connectivity index (χ4n) is 2.99. The summed E-state index contributed by atoms with van der Waals surface area (Å²) in [5.74, 6) is 0.751. The van der Waals surface area contributed by atoms with Gasteiger partial charge in [-0.3, -0.25) is 4.79 Å². The molecule has 1 saturated carbocycles. The number of nitrogens with two attached hydrogens (primary N) is 1. The molecule has 0 aromatic heterocycles. The lowest BCUT2D eigenvalue weighted by Gasteiger charge is -2.26. The first-order chi connectivity index (χ1) is 9.22. The Hall–Kier alpha value is -0.570. The summed E-state index contributed by atoms with van der Waals surface area (Å²) >= 11 is 0. The Labute approximate surface area is 118 Å². The predicted octanol–water partition coefficient (Wildman–Crippen LogP) is 3.37. The van der Waals surface area contributed by atoms with Crippen LogP contribution in [0.1, 0.15) is 77.6 Å². The Morgan fingerprint density at radius 1 is 1.16 bits per heavy atom. The van der Waals surface area contributed by atoms with Gasteiger partial charge in [0.1, 0.15) is 0 Å². The molecule has 1 fully saturated rings. The van der Waals surface area contributed by atoms with Crippen molar-refractivity contribution < 1.29 is 4.79 Å². The van der Waals surface area contributed by atoms with Gasteiger partial charge >= 0.3 is 0 Å². The zero-order chi connectivity index (χ0) is 13.9. The van der Waals surface area contributed by atoms with Crippen LogP contribution in [0.4, 0.5) is 0 Å². The van der Waals surface area contributed by atoms with E-state index < -0.39 is 0 Å². The zero-order valence-electron chi connectivity index (χ0n) is 12.6. The number of nitrogens with one attached hydrogen (secondary N) is 1. The van der Waals surface area contributed by atoms with E-state index in [0.717, 1.165) is 25.8 Å². The summed E-state index contributed by atoms with van der Waals surface area (Å²) in [4.78, 5) is 11.8. The van der Waals surface area contributed by atoms with E-state index in [1.54, 1.807) is 0 Å². The van der Waals surface area contributed by atoms with E-state index in [0.29, 0.717) is 18.4 Å². The fraction of sp³-hybridized carbons (Fsp3) is 0.938. The second kappa shape index (κ2) is 10.2. The molecule has 0 saturated heterocycles. The minimum Gasteiger partial charge on any atom is -0.356 e. The van der Waals surface area contributed by atoms with Gasteiger partial charge in [-0.25, -0.2) is 0 Å². The van der Waals surface area contributed by atoms with Crippen molar-refractivity contribution in [1.29, 1.82) is 0 Å².